The van der Waals surface area contributed by atoms with E-state index in [-0.39, 0.29) is 24.9 Å². The molecule has 30 heavy (non-hydrogen) atoms. The van der Waals surface area contributed by atoms with Crippen molar-refractivity contribution in [1.82, 2.24) is 5.32 Å². The first kappa shape index (κ1) is 28.9. The van der Waals surface area contributed by atoms with Gasteiger partial charge in [0.25, 0.3) is 0 Å². The third-order valence-corrected chi connectivity index (χ3v) is 3.79. The molecule has 0 heterocycles. The number of hydrogen-bond acceptors (Lipinski definition) is 8. The van der Waals surface area contributed by atoms with E-state index in [2.05, 4.69) is 19.2 Å². The molecule has 0 spiro atoms. The summed E-state index contributed by atoms with van der Waals surface area (Å²) in [5.74, 6) is 0.519. The first-order valence-corrected chi connectivity index (χ1v) is 10.8. The molecule has 0 aromatic carbocycles. The second kappa shape index (κ2) is 22.6. The van der Waals surface area contributed by atoms with Crippen LogP contribution in [0.4, 0.5) is 0 Å². The van der Waals surface area contributed by atoms with Crippen LogP contribution in [0.25, 0.3) is 0 Å². The molecule has 0 fully saturated rings. The zero-order valence-electron chi connectivity index (χ0n) is 18.9. The zero-order chi connectivity index (χ0) is 22.3. The van der Waals surface area contributed by atoms with Gasteiger partial charge in [-0.3, -0.25) is 9.59 Å². The Morgan fingerprint density at radius 1 is 0.667 bits per heavy atom. The summed E-state index contributed by atoms with van der Waals surface area (Å²) in [7, 11) is 0. The second-order valence-electron chi connectivity index (χ2n) is 6.98. The van der Waals surface area contributed by atoms with Crippen molar-refractivity contribution in [3.8, 4) is 0 Å². The van der Waals surface area contributed by atoms with Crippen LogP contribution in [0, 0.1) is 5.92 Å². The van der Waals surface area contributed by atoms with Gasteiger partial charge in [-0.1, -0.05) is 20.8 Å². The standard InChI is InChI=1S/C21H41NO8/c1-4-20(23)17-29-15-13-26-8-6-22-21(24)18-30-16-14-28-12-11-27-10-9-25-7-5-19(2)3/h19H,4-18H2,1-3H3,(H,22,24). The van der Waals surface area contributed by atoms with Crippen molar-refractivity contribution < 1.29 is 38.0 Å². The van der Waals surface area contributed by atoms with Gasteiger partial charge in [-0.05, 0) is 12.3 Å². The van der Waals surface area contributed by atoms with E-state index in [0.717, 1.165) is 13.0 Å². The maximum absolute atomic E-state index is 11.6. The van der Waals surface area contributed by atoms with Crippen LogP contribution in [-0.2, 0) is 38.0 Å². The van der Waals surface area contributed by atoms with E-state index in [1.54, 1.807) is 6.92 Å². The SMILES string of the molecule is CCC(=O)COCCOCCNC(=O)COCCOCCOCCOCCC(C)C. The molecule has 0 radical (unpaired) electrons. The predicted octanol–water partition coefficient (Wildman–Crippen LogP) is 1.23. The molecule has 0 aromatic rings. The number of ketones is 1. The lowest BCUT2D eigenvalue weighted by molar-refractivity contribution is -0.127. The maximum atomic E-state index is 11.6. The fraction of sp³-hybridized carbons (Fsp3) is 0.905. The molecular weight excluding hydrogens is 394 g/mol. The van der Waals surface area contributed by atoms with Crippen LogP contribution in [0.1, 0.15) is 33.6 Å². The minimum atomic E-state index is -0.204. The Morgan fingerprint density at radius 3 is 1.67 bits per heavy atom. The van der Waals surface area contributed by atoms with Crippen LogP contribution in [-0.4, -0.2) is 97.5 Å². The van der Waals surface area contributed by atoms with Crippen molar-refractivity contribution >= 4 is 11.7 Å². The Morgan fingerprint density at radius 2 is 1.13 bits per heavy atom. The highest BCUT2D eigenvalue weighted by Gasteiger charge is 2.01. The summed E-state index contributed by atoms with van der Waals surface area (Å²) in [5.41, 5.74) is 0. The van der Waals surface area contributed by atoms with Crippen LogP contribution in [0.15, 0.2) is 0 Å². The van der Waals surface area contributed by atoms with Crippen molar-refractivity contribution in [3.05, 3.63) is 0 Å². The normalized spacial score (nSPS) is 11.2. The first-order chi connectivity index (χ1) is 14.6. The summed E-state index contributed by atoms with van der Waals surface area (Å²) < 4.78 is 31.9. The molecular formula is C21H41NO8. The van der Waals surface area contributed by atoms with Crippen LogP contribution in [0.2, 0.25) is 0 Å². The molecule has 0 unspecified atom stereocenters. The molecule has 0 saturated carbocycles. The zero-order valence-corrected chi connectivity index (χ0v) is 18.9. The van der Waals surface area contributed by atoms with Crippen molar-refractivity contribution in [2.45, 2.75) is 33.6 Å². The molecule has 9 nitrogen and oxygen atoms in total. The Bertz CT molecular complexity index is 406. The summed E-state index contributed by atoms with van der Waals surface area (Å²) in [6.45, 7) is 11.4. The molecule has 0 aliphatic carbocycles. The van der Waals surface area contributed by atoms with Gasteiger partial charge in [0.05, 0.1) is 59.5 Å². The van der Waals surface area contributed by atoms with E-state index >= 15 is 0 Å². The number of carbonyl (C=O) groups excluding carboxylic acids is 2. The van der Waals surface area contributed by atoms with Gasteiger partial charge in [0.1, 0.15) is 13.2 Å². The van der Waals surface area contributed by atoms with Gasteiger partial charge < -0.3 is 33.7 Å². The largest absolute Gasteiger partial charge is 0.379 e. The van der Waals surface area contributed by atoms with E-state index in [1.807, 2.05) is 0 Å². The number of ether oxygens (including phenoxy) is 6. The number of hydrogen-bond donors (Lipinski definition) is 1. The van der Waals surface area contributed by atoms with Crippen molar-refractivity contribution in [1.29, 1.82) is 0 Å². The molecule has 0 atom stereocenters. The predicted molar refractivity (Wildman–Crippen MR) is 113 cm³/mol. The quantitative estimate of drug-likeness (QED) is 0.239. The number of Topliss-reactive ketones (excluding diaryl/α,β-unsaturated/α-hetero) is 1. The summed E-state index contributed by atoms with van der Waals surface area (Å²) in [4.78, 5) is 22.6. The molecule has 0 aliphatic heterocycles. The lowest BCUT2D eigenvalue weighted by atomic mass is 10.1. The lowest BCUT2D eigenvalue weighted by Gasteiger charge is -2.09. The summed E-state index contributed by atoms with van der Waals surface area (Å²) >= 11 is 0. The summed E-state index contributed by atoms with van der Waals surface area (Å²) in [6, 6.07) is 0. The highest BCUT2D eigenvalue weighted by Crippen LogP contribution is 1.98. The van der Waals surface area contributed by atoms with Crippen LogP contribution in [0.5, 0.6) is 0 Å². The third kappa shape index (κ3) is 23.2. The third-order valence-electron chi connectivity index (χ3n) is 3.79. The lowest BCUT2D eigenvalue weighted by Crippen LogP contribution is -2.31. The maximum Gasteiger partial charge on any atom is 0.246 e. The molecule has 178 valence electrons. The fourth-order valence-corrected chi connectivity index (χ4v) is 1.97. The van der Waals surface area contributed by atoms with Gasteiger partial charge >= 0.3 is 0 Å². The molecule has 0 saturated heterocycles. The van der Waals surface area contributed by atoms with Crippen molar-refractivity contribution in [2.24, 2.45) is 5.92 Å². The number of nitrogens with one attached hydrogen (secondary N) is 1. The van der Waals surface area contributed by atoms with E-state index in [9.17, 15) is 9.59 Å². The highest BCUT2D eigenvalue weighted by molar-refractivity contribution is 5.79. The first-order valence-electron chi connectivity index (χ1n) is 10.8. The van der Waals surface area contributed by atoms with Crippen LogP contribution >= 0.6 is 0 Å². The second-order valence-corrected chi connectivity index (χ2v) is 6.98. The van der Waals surface area contributed by atoms with Gasteiger partial charge in [-0.25, -0.2) is 0 Å². The van der Waals surface area contributed by atoms with Crippen molar-refractivity contribution in [3.63, 3.8) is 0 Å². The van der Waals surface area contributed by atoms with Gasteiger partial charge in [-0.2, -0.15) is 0 Å². The molecule has 0 aliphatic rings. The minimum Gasteiger partial charge on any atom is -0.379 e. The Balaban J connectivity index is 3.19. The van der Waals surface area contributed by atoms with Crippen molar-refractivity contribution in [2.75, 3.05) is 85.8 Å². The van der Waals surface area contributed by atoms with Gasteiger partial charge in [0.2, 0.25) is 5.91 Å². The van der Waals surface area contributed by atoms with E-state index in [0.29, 0.717) is 78.3 Å². The average molecular weight is 436 g/mol. The minimum absolute atomic E-state index is 0.0180. The van der Waals surface area contributed by atoms with Gasteiger partial charge in [0.15, 0.2) is 5.78 Å². The molecule has 1 amide bonds. The number of amides is 1. The number of rotatable bonds is 23. The fourth-order valence-electron chi connectivity index (χ4n) is 1.97. The Labute approximate surface area is 181 Å². The van der Waals surface area contributed by atoms with Crippen LogP contribution < -0.4 is 5.32 Å². The average Bonchev–Trinajstić information content (AvgIpc) is 2.72. The summed E-state index contributed by atoms with van der Waals surface area (Å²) in [5, 5.41) is 2.69. The topological polar surface area (TPSA) is 102 Å². The molecule has 0 aromatic heterocycles. The molecule has 9 heteroatoms. The highest BCUT2D eigenvalue weighted by atomic mass is 16.6. The smallest absolute Gasteiger partial charge is 0.246 e. The van der Waals surface area contributed by atoms with E-state index in [4.69, 9.17) is 28.4 Å². The van der Waals surface area contributed by atoms with E-state index in [1.165, 1.54) is 0 Å². The Kier molecular flexibility index (Phi) is 21.8. The van der Waals surface area contributed by atoms with Gasteiger partial charge in [-0.15, -0.1) is 0 Å². The Hall–Kier alpha value is -1.10. The molecule has 0 rings (SSSR count). The molecule has 1 N–H and O–H groups in total. The molecule has 0 bridgehead atoms. The monoisotopic (exact) mass is 435 g/mol. The van der Waals surface area contributed by atoms with Gasteiger partial charge in [0, 0.05) is 19.6 Å². The van der Waals surface area contributed by atoms with Crippen LogP contribution in [0.3, 0.4) is 0 Å². The summed E-state index contributed by atoms with van der Waals surface area (Å²) in [6.07, 6.45) is 1.54. The number of carbonyl (C=O) groups is 2. The van der Waals surface area contributed by atoms with E-state index < -0.39 is 0 Å².